The van der Waals surface area contributed by atoms with E-state index in [0.29, 0.717) is 21.8 Å². The third-order valence-electron chi connectivity index (χ3n) is 2.58. The lowest BCUT2D eigenvalue weighted by Gasteiger charge is -1.98. The zero-order chi connectivity index (χ0) is 13.2. The van der Waals surface area contributed by atoms with Crippen LogP contribution >= 0.6 is 12.2 Å². The van der Waals surface area contributed by atoms with Gasteiger partial charge in [-0.2, -0.15) is 10.1 Å². The summed E-state index contributed by atoms with van der Waals surface area (Å²) < 4.78 is 0.321. The van der Waals surface area contributed by atoms with Crippen molar-refractivity contribution in [3.8, 4) is 5.75 Å². The molecule has 0 atom stereocenters. The van der Waals surface area contributed by atoms with Crippen molar-refractivity contribution in [3.63, 3.8) is 0 Å². The molecule has 0 bridgehead atoms. The molecule has 7 heteroatoms. The van der Waals surface area contributed by atoms with Gasteiger partial charge in [-0.1, -0.05) is 12.1 Å². The fourth-order valence-electron chi connectivity index (χ4n) is 1.67. The van der Waals surface area contributed by atoms with Crippen LogP contribution in [-0.4, -0.2) is 31.5 Å². The third-order valence-corrected chi connectivity index (χ3v) is 2.78. The normalized spacial score (nSPS) is 11.4. The first kappa shape index (κ1) is 11.5. The molecule has 0 spiro atoms. The molecule has 0 fully saturated rings. The second-order valence-corrected chi connectivity index (χ2v) is 4.23. The van der Waals surface area contributed by atoms with Crippen molar-refractivity contribution in [2.45, 2.75) is 0 Å². The van der Waals surface area contributed by atoms with Crippen LogP contribution in [-0.2, 0) is 0 Å². The van der Waals surface area contributed by atoms with Crippen molar-refractivity contribution < 1.29 is 5.11 Å². The summed E-state index contributed by atoms with van der Waals surface area (Å²) >= 11 is 5.01. The fourth-order valence-corrected chi connectivity index (χ4v) is 1.86. The molecule has 2 heterocycles. The molecule has 0 unspecified atom stereocenters. The van der Waals surface area contributed by atoms with E-state index in [4.69, 9.17) is 12.2 Å². The Labute approximate surface area is 112 Å². The van der Waals surface area contributed by atoms with Crippen molar-refractivity contribution in [1.29, 1.82) is 0 Å². The zero-order valence-corrected chi connectivity index (χ0v) is 10.5. The number of phenolic OH excluding ortho intramolecular Hbond substituents is 1. The Morgan fingerprint density at radius 3 is 3.00 bits per heavy atom. The number of aliphatic imine (C=N–C) groups is 1. The number of fused-ring (bicyclic) bond motifs is 1. The molecule has 3 rings (SSSR count). The van der Waals surface area contributed by atoms with Crippen LogP contribution in [0.2, 0.25) is 0 Å². The Kier molecular flexibility index (Phi) is 2.81. The Morgan fingerprint density at radius 2 is 2.16 bits per heavy atom. The number of benzene rings is 1. The topological polar surface area (TPSA) is 90.0 Å². The second kappa shape index (κ2) is 4.62. The highest BCUT2D eigenvalue weighted by Crippen LogP contribution is 2.21. The number of phenols is 1. The summed E-state index contributed by atoms with van der Waals surface area (Å²) in [6, 6.07) is 6.92. The SMILES string of the molecule is Oc1ccccc1C=Nc1nc(=S)[nH]c2[nH]ncc12. The molecule has 0 radical (unpaired) electrons. The number of para-hydroxylation sites is 1. The van der Waals surface area contributed by atoms with Gasteiger partial charge in [0.2, 0.25) is 0 Å². The van der Waals surface area contributed by atoms with E-state index in [-0.39, 0.29) is 5.75 Å². The van der Waals surface area contributed by atoms with E-state index in [1.165, 1.54) is 0 Å². The van der Waals surface area contributed by atoms with Crippen molar-refractivity contribution in [2.75, 3.05) is 0 Å². The maximum atomic E-state index is 9.66. The zero-order valence-electron chi connectivity index (χ0n) is 9.66. The molecule has 0 aliphatic heterocycles. The van der Waals surface area contributed by atoms with Crippen molar-refractivity contribution in [1.82, 2.24) is 20.2 Å². The standard InChI is InChI=1S/C12H9N5OS/c18-9-4-2-1-3-7(9)5-13-10-8-6-14-17-11(8)16-12(19)15-10/h1-6,18H,(H2,14,15,16,17,19). The summed E-state index contributed by atoms with van der Waals surface area (Å²) in [6.07, 6.45) is 3.16. The van der Waals surface area contributed by atoms with Gasteiger partial charge >= 0.3 is 0 Å². The minimum Gasteiger partial charge on any atom is -0.507 e. The Hall–Kier alpha value is -2.54. The summed E-state index contributed by atoms with van der Waals surface area (Å²) in [6.45, 7) is 0. The third kappa shape index (κ3) is 2.23. The Morgan fingerprint density at radius 1 is 1.32 bits per heavy atom. The van der Waals surface area contributed by atoms with E-state index in [1.54, 1.807) is 30.6 Å². The molecule has 3 aromatic rings. The lowest BCUT2D eigenvalue weighted by Crippen LogP contribution is -1.86. The summed E-state index contributed by atoms with van der Waals surface area (Å²) in [7, 11) is 0. The van der Waals surface area contributed by atoms with Gasteiger partial charge in [0.25, 0.3) is 0 Å². The minimum absolute atomic E-state index is 0.163. The fraction of sp³-hybridized carbons (Fsp3) is 0. The van der Waals surface area contributed by atoms with Gasteiger partial charge in [0.15, 0.2) is 10.6 Å². The summed E-state index contributed by atoms with van der Waals surface area (Å²) in [4.78, 5) is 11.3. The number of hydrogen-bond acceptors (Lipinski definition) is 5. The lowest BCUT2D eigenvalue weighted by molar-refractivity contribution is 0.474. The molecule has 2 aromatic heterocycles. The first-order valence-corrected chi connectivity index (χ1v) is 5.90. The number of aromatic nitrogens is 4. The monoisotopic (exact) mass is 271 g/mol. The molecule has 3 N–H and O–H groups in total. The summed E-state index contributed by atoms with van der Waals surface area (Å²) in [5.41, 5.74) is 1.28. The van der Waals surface area contributed by atoms with Crippen LogP contribution in [0.4, 0.5) is 5.82 Å². The van der Waals surface area contributed by atoms with Crippen LogP contribution in [0.25, 0.3) is 11.0 Å². The van der Waals surface area contributed by atoms with Crippen LogP contribution in [0, 0.1) is 4.77 Å². The van der Waals surface area contributed by atoms with E-state index in [1.807, 2.05) is 6.07 Å². The average Bonchev–Trinajstić information content (AvgIpc) is 2.85. The van der Waals surface area contributed by atoms with Gasteiger partial charge in [-0.3, -0.25) is 5.10 Å². The van der Waals surface area contributed by atoms with Crippen LogP contribution in [0.15, 0.2) is 35.5 Å². The molecule has 94 valence electrons. The highest BCUT2D eigenvalue weighted by molar-refractivity contribution is 7.71. The summed E-state index contributed by atoms with van der Waals surface area (Å²) in [5.74, 6) is 0.617. The van der Waals surface area contributed by atoms with E-state index in [2.05, 4.69) is 25.2 Å². The van der Waals surface area contributed by atoms with Crippen molar-refractivity contribution >= 4 is 35.3 Å². The lowest BCUT2D eigenvalue weighted by atomic mass is 10.2. The van der Waals surface area contributed by atoms with Crippen LogP contribution in [0.5, 0.6) is 5.75 Å². The molecule has 0 aliphatic carbocycles. The molecule has 6 nitrogen and oxygen atoms in total. The van der Waals surface area contributed by atoms with E-state index >= 15 is 0 Å². The number of nitrogens with one attached hydrogen (secondary N) is 2. The number of aromatic amines is 2. The van der Waals surface area contributed by atoms with Crippen molar-refractivity contribution in [3.05, 3.63) is 40.8 Å². The number of rotatable bonds is 2. The Balaban J connectivity index is 2.09. The maximum absolute atomic E-state index is 9.66. The predicted octanol–water partition coefficient (Wildman–Crippen LogP) is 2.47. The van der Waals surface area contributed by atoms with Gasteiger partial charge in [-0.15, -0.1) is 0 Å². The highest BCUT2D eigenvalue weighted by atomic mass is 32.1. The molecule has 1 aromatic carbocycles. The molecular weight excluding hydrogens is 262 g/mol. The molecule has 0 amide bonds. The number of H-pyrrole nitrogens is 2. The van der Waals surface area contributed by atoms with Gasteiger partial charge in [-0.05, 0) is 24.4 Å². The highest BCUT2D eigenvalue weighted by Gasteiger charge is 2.04. The summed E-state index contributed by atoms with van der Waals surface area (Å²) in [5, 5.41) is 17.1. The molecular formula is C12H9N5OS. The van der Waals surface area contributed by atoms with Gasteiger partial charge < -0.3 is 10.1 Å². The number of nitrogens with zero attached hydrogens (tertiary/aromatic N) is 3. The first-order valence-electron chi connectivity index (χ1n) is 5.49. The molecule has 0 aliphatic rings. The smallest absolute Gasteiger partial charge is 0.200 e. The second-order valence-electron chi connectivity index (χ2n) is 3.84. The van der Waals surface area contributed by atoms with Crippen LogP contribution in [0.3, 0.4) is 0 Å². The number of aromatic hydroxyl groups is 1. The van der Waals surface area contributed by atoms with Crippen molar-refractivity contribution in [2.24, 2.45) is 4.99 Å². The molecule has 0 saturated heterocycles. The van der Waals surface area contributed by atoms with E-state index < -0.39 is 0 Å². The molecule has 19 heavy (non-hydrogen) atoms. The molecule has 0 saturated carbocycles. The quantitative estimate of drug-likeness (QED) is 0.493. The maximum Gasteiger partial charge on any atom is 0.200 e. The number of hydrogen-bond donors (Lipinski definition) is 3. The van der Waals surface area contributed by atoms with E-state index in [0.717, 1.165) is 5.39 Å². The average molecular weight is 271 g/mol. The van der Waals surface area contributed by atoms with Gasteiger partial charge in [0.05, 0.1) is 11.6 Å². The Bertz CT molecular complexity index is 820. The van der Waals surface area contributed by atoms with E-state index in [9.17, 15) is 5.11 Å². The van der Waals surface area contributed by atoms with Gasteiger partial charge in [0, 0.05) is 11.8 Å². The van der Waals surface area contributed by atoms with Gasteiger partial charge in [0.1, 0.15) is 11.4 Å². The van der Waals surface area contributed by atoms with Gasteiger partial charge in [-0.25, -0.2) is 4.99 Å². The largest absolute Gasteiger partial charge is 0.507 e. The van der Waals surface area contributed by atoms with Crippen LogP contribution in [0.1, 0.15) is 5.56 Å². The van der Waals surface area contributed by atoms with Crippen LogP contribution < -0.4 is 0 Å². The minimum atomic E-state index is 0.163. The predicted molar refractivity (Wildman–Crippen MR) is 74.4 cm³/mol. The first-order chi connectivity index (χ1) is 9.24.